The lowest BCUT2D eigenvalue weighted by Gasteiger charge is -2.23. The van der Waals surface area contributed by atoms with Gasteiger partial charge >= 0.3 is 0 Å². The molecule has 0 saturated heterocycles. The summed E-state index contributed by atoms with van der Waals surface area (Å²) in [6.07, 6.45) is 3.41. The Labute approximate surface area is 168 Å². The second-order valence-electron chi connectivity index (χ2n) is 6.73. The fourth-order valence-corrected chi connectivity index (χ4v) is 3.48. The van der Waals surface area contributed by atoms with Crippen LogP contribution in [0.1, 0.15) is 5.56 Å². The van der Waals surface area contributed by atoms with Crippen LogP contribution in [-0.4, -0.2) is 19.7 Å². The van der Waals surface area contributed by atoms with Crippen molar-refractivity contribution in [2.45, 2.75) is 6.54 Å². The SMILES string of the molecule is c1ccc(Cn2nc(N(c3ccccc3)c3ccccc3)c3cncnc32)cc1. The van der Waals surface area contributed by atoms with Crippen molar-refractivity contribution in [3.05, 3.63) is 109 Å². The minimum Gasteiger partial charge on any atom is -0.293 e. The topological polar surface area (TPSA) is 46.8 Å². The van der Waals surface area contributed by atoms with E-state index in [1.807, 2.05) is 65.5 Å². The summed E-state index contributed by atoms with van der Waals surface area (Å²) in [5, 5.41) is 5.89. The highest BCUT2D eigenvalue weighted by Gasteiger charge is 2.21. The summed E-state index contributed by atoms with van der Waals surface area (Å²) >= 11 is 0. The molecule has 0 radical (unpaired) electrons. The molecule has 0 fully saturated rings. The molecule has 0 aliphatic heterocycles. The normalized spacial score (nSPS) is 10.9. The molecule has 0 spiro atoms. The van der Waals surface area contributed by atoms with Gasteiger partial charge < -0.3 is 0 Å². The highest BCUT2D eigenvalue weighted by Crippen LogP contribution is 2.37. The van der Waals surface area contributed by atoms with Crippen LogP contribution in [0, 0.1) is 0 Å². The van der Waals surface area contributed by atoms with E-state index >= 15 is 0 Å². The van der Waals surface area contributed by atoms with E-state index in [-0.39, 0.29) is 0 Å². The molecule has 0 aliphatic rings. The van der Waals surface area contributed by atoms with Crippen molar-refractivity contribution in [1.29, 1.82) is 0 Å². The van der Waals surface area contributed by atoms with Gasteiger partial charge in [0.25, 0.3) is 0 Å². The Balaban J connectivity index is 1.70. The molecule has 5 nitrogen and oxygen atoms in total. The van der Waals surface area contributed by atoms with Crippen LogP contribution >= 0.6 is 0 Å². The number of hydrogen-bond donors (Lipinski definition) is 0. The fourth-order valence-electron chi connectivity index (χ4n) is 3.48. The molecule has 140 valence electrons. The first kappa shape index (κ1) is 17.1. The standard InChI is InChI=1S/C24H19N5/c1-4-10-19(11-5-1)17-28-23-22(16-25-18-26-23)24(27-28)29(20-12-6-2-7-13-20)21-14-8-3-9-15-21/h1-16,18H,17H2. The second-order valence-corrected chi connectivity index (χ2v) is 6.73. The van der Waals surface area contributed by atoms with Crippen LogP contribution in [-0.2, 0) is 6.54 Å². The molecule has 5 aromatic rings. The molecule has 2 aromatic heterocycles. The number of nitrogens with zero attached hydrogens (tertiary/aromatic N) is 5. The van der Waals surface area contributed by atoms with E-state index in [9.17, 15) is 0 Å². The molecule has 5 heteroatoms. The lowest BCUT2D eigenvalue weighted by molar-refractivity contribution is 0.704. The van der Waals surface area contributed by atoms with Gasteiger partial charge in [-0.05, 0) is 29.8 Å². The minimum atomic E-state index is 0.645. The smallest absolute Gasteiger partial charge is 0.170 e. The molecule has 0 unspecified atom stereocenters. The fraction of sp³-hybridized carbons (Fsp3) is 0.0417. The van der Waals surface area contributed by atoms with Gasteiger partial charge in [0.15, 0.2) is 11.5 Å². The summed E-state index contributed by atoms with van der Waals surface area (Å²) in [4.78, 5) is 10.9. The van der Waals surface area contributed by atoms with E-state index in [0.29, 0.717) is 6.54 Å². The molecule has 0 saturated carbocycles. The van der Waals surface area contributed by atoms with Crippen molar-refractivity contribution in [3.63, 3.8) is 0 Å². The summed E-state index contributed by atoms with van der Waals surface area (Å²) in [5.41, 5.74) is 4.06. The largest absolute Gasteiger partial charge is 0.293 e. The van der Waals surface area contributed by atoms with Crippen molar-refractivity contribution in [1.82, 2.24) is 19.7 Å². The Morgan fingerprint density at radius 1 is 0.724 bits per heavy atom. The van der Waals surface area contributed by atoms with Gasteiger partial charge in [-0.1, -0.05) is 66.7 Å². The molecule has 5 rings (SSSR count). The summed E-state index contributed by atoms with van der Waals surface area (Å²) in [6, 6.07) is 30.8. The first-order valence-corrected chi connectivity index (χ1v) is 9.51. The van der Waals surface area contributed by atoms with E-state index in [1.54, 1.807) is 6.33 Å². The van der Waals surface area contributed by atoms with Crippen molar-refractivity contribution in [2.24, 2.45) is 0 Å². The molecule has 0 bridgehead atoms. The number of aromatic nitrogens is 4. The average Bonchev–Trinajstić information content (AvgIpc) is 3.14. The maximum absolute atomic E-state index is 4.98. The molecular formula is C24H19N5. The van der Waals surface area contributed by atoms with Gasteiger partial charge in [0.05, 0.1) is 11.9 Å². The molecule has 0 N–H and O–H groups in total. The van der Waals surface area contributed by atoms with Gasteiger partial charge in [0, 0.05) is 17.6 Å². The Bertz CT molecular complexity index is 1180. The Kier molecular flexibility index (Phi) is 4.47. The molecule has 2 heterocycles. The van der Waals surface area contributed by atoms with Crippen LogP contribution < -0.4 is 4.90 Å². The second kappa shape index (κ2) is 7.56. The molecule has 0 aliphatic carbocycles. The van der Waals surface area contributed by atoms with Gasteiger partial charge in [-0.25, -0.2) is 14.6 Å². The zero-order chi connectivity index (χ0) is 19.5. The molecular weight excluding hydrogens is 358 g/mol. The first-order chi connectivity index (χ1) is 14.4. The van der Waals surface area contributed by atoms with Crippen molar-refractivity contribution >= 4 is 28.2 Å². The lowest BCUT2D eigenvalue weighted by Crippen LogP contribution is -2.11. The van der Waals surface area contributed by atoms with Gasteiger partial charge in [-0.2, -0.15) is 5.10 Å². The Morgan fingerprint density at radius 2 is 1.31 bits per heavy atom. The zero-order valence-electron chi connectivity index (χ0n) is 15.8. The molecule has 3 aromatic carbocycles. The zero-order valence-corrected chi connectivity index (χ0v) is 15.8. The summed E-state index contributed by atoms with van der Waals surface area (Å²) in [5.74, 6) is 0.814. The number of anilines is 3. The molecule has 29 heavy (non-hydrogen) atoms. The third kappa shape index (κ3) is 3.34. The van der Waals surface area contributed by atoms with Crippen LogP contribution in [0.4, 0.5) is 17.2 Å². The number of hydrogen-bond acceptors (Lipinski definition) is 4. The highest BCUT2D eigenvalue weighted by molar-refractivity contribution is 5.93. The quantitative estimate of drug-likeness (QED) is 0.414. The number of para-hydroxylation sites is 2. The van der Waals surface area contributed by atoms with Gasteiger partial charge in [-0.3, -0.25) is 4.90 Å². The van der Waals surface area contributed by atoms with Gasteiger partial charge in [0.1, 0.15) is 6.33 Å². The van der Waals surface area contributed by atoms with Crippen LogP contribution in [0.15, 0.2) is 104 Å². The summed E-state index contributed by atoms with van der Waals surface area (Å²) < 4.78 is 1.94. The van der Waals surface area contributed by atoms with Crippen molar-refractivity contribution in [3.8, 4) is 0 Å². The van der Waals surface area contributed by atoms with E-state index in [0.717, 1.165) is 28.2 Å². The number of rotatable bonds is 5. The van der Waals surface area contributed by atoms with Gasteiger partial charge in [0.2, 0.25) is 0 Å². The Hall–Kier alpha value is -3.99. The summed E-state index contributed by atoms with van der Waals surface area (Å²) in [7, 11) is 0. The van der Waals surface area contributed by atoms with E-state index in [2.05, 4.69) is 51.3 Å². The van der Waals surface area contributed by atoms with Crippen LogP contribution in [0.3, 0.4) is 0 Å². The highest BCUT2D eigenvalue weighted by atomic mass is 15.4. The van der Waals surface area contributed by atoms with Crippen LogP contribution in [0.25, 0.3) is 11.0 Å². The van der Waals surface area contributed by atoms with Crippen LogP contribution in [0.5, 0.6) is 0 Å². The maximum Gasteiger partial charge on any atom is 0.170 e. The number of fused-ring (bicyclic) bond motifs is 1. The predicted octanol–water partition coefficient (Wildman–Crippen LogP) is 5.34. The average molecular weight is 377 g/mol. The first-order valence-electron chi connectivity index (χ1n) is 9.51. The maximum atomic E-state index is 4.98. The van der Waals surface area contributed by atoms with E-state index in [1.165, 1.54) is 5.56 Å². The van der Waals surface area contributed by atoms with Crippen LogP contribution in [0.2, 0.25) is 0 Å². The predicted molar refractivity (Wildman–Crippen MR) is 116 cm³/mol. The summed E-state index contributed by atoms with van der Waals surface area (Å²) in [6.45, 7) is 0.645. The van der Waals surface area contributed by atoms with E-state index < -0.39 is 0 Å². The van der Waals surface area contributed by atoms with Crippen molar-refractivity contribution < 1.29 is 0 Å². The lowest BCUT2D eigenvalue weighted by atomic mass is 10.2. The minimum absolute atomic E-state index is 0.645. The van der Waals surface area contributed by atoms with Crippen molar-refractivity contribution in [2.75, 3.05) is 4.90 Å². The Morgan fingerprint density at radius 3 is 1.93 bits per heavy atom. The third-order valence-electron chi connectivity index (χ3n) is 4.81. The monoisotopic (exact) mass is 377 g/mol. The number of benzene rings is 3. The molecule has 0 amide bonds. The van der Waals surface area contributed by atoms with Gasteiger partial charge in [-0.15, -0.1) is 0 Å². The molecule has 0 atom stereocenters. The third-order valence-corrected chi connectivity index (χ3v) is 4.81. The van der Waals surface area contributed by atoms with E-state index in [4.69, 9.17) is 5.10 Å².